The molecule has 104 valence electrons. The highest BCUT2D eigenvalue weighted by atomic mass is 79.9. The Morgan fingerprint density at radius 3 is 2.84 bits per heavy atom. The Morgan fingerprint density at radius 2 is 2.16 bits per heavy atom. The monoisotopic (exact) mass is 325 g/mol. The molecule has 1 aromatic carbocycles. The standard InChI is InChI=1S/C15H20BrNO2/c1-10-4-5-11(2)14(6-10)15(18)17-8-12(3)19-13(7-16)9-17/h4-6,12-13H,7-9H2,1-3H3. The Hall–Kier alpha value is -0.870. The van der Waals surface area contributed by atoms with Crippen molar-refractivity contribution in [3.05, 3.63) is 34.9 Å². The fourth-order valence-corrected chi connectivity index (χ4v) is 2.79. The summed E-state index contributed by atoms with van der Waals surface area (Å²) in [6, 6.07) is 6.02. The van der Waals surface area contributed by atoms with Crippen molar-refractivity contribution >= 4 is 21.8 Å². The summed E-state index contributed by atoms with van der Waals surface area (Å²) in [5.41, 5.74) is 2.96. The Morgan fingerprint density at radius 1 is 1.42 bits per heavy atom. The number of morpholine rings is 1. The van der Waals surface area contributed by atoms with E-state index in [4.69, 9.17) is 4.74 Å². The van der Waals surface area contributed by atoms with Crippen molar-refractivity contribution in [3.63, 3.8) is 0 Å². The van der Waals surface area contributed by atoms with Gasteiger partial charge in [0, 0.05) is 24.0 Å². The van der Waals surface area contributed by atoms with Crippen molar-refractivity contribution in [2.75, 3.05) is 18.4 Å². The Labute approximate surface area is 123 Å². The fourth-order valence-electron chi connectivity index (χ4n) is 2.43. The molecule has 2 unspecified atom stereocenters. The molecule has 1 aliphatic heterocycles. The Kier molecular flexibility index (Phi) is 4.63. The third-order valence-electron chi connectivity index (χ3n) is 3.41. The van der Waals surface area contributed by atoms with Gasteiger partial charge in [-0.25, -0.2) is 0 Å². The molecular formula is C15H20BrNO2. The molecule has 2 atom stereocenters. The summed E-state index contributed by atoms with van der Waals surface area (Å²) in [4.78, 5) is 14.5. The molecule has 1 heterocycles. The number of carbonyl (C=O) groups excluding carboxylic acids is 1. The van der Waals surface area contributed by atoms with Crippen LogP contribution < -0.4 is 0 Å². The molecule has 0 aromatic heterocycles. The number of alkyl halides is 1. The smallest absolute Gasteiger partial charge is 0.254 e. The van der Waals surface area contributed by atoms with Crippen molar-refractivity contribution in [1.29, 1.82) is 0 Å². The summed E-state index contributed by atoms with van der Waals surface area (Å²) < 4.78 is 5.76. The first kappa shape index (κ1) is 14.5. The molecule has 4 heteroatoms. The summed E-state index contributed by atoms with van der Waals surface area (Å²) in [6.07, 6.45) is 0.170. The predicted molar refractivity (Wildman–Crippen MR) is 79.9 cm³/mol. The molecule has 1 amide bonds. The van der Waals surface area contributed by atoms with E-state index in [1.165, 1.54) is 0 Å². The van der Waals surface area contributed by atoms with Gasteiger partial charge in [-0.15, -0.1) is 0 Å². The number of aryl methyl sites for hydroxylation is 2. The van der Waals surface area contributed by atoms with Gasteiger partial charge in [0.15, 0.2) is 0 Å². The molecule has 0 N–H and O–H groups in total. The zero-order valence-electron chi connectivity index (χ0n) is 11.6. The van der Waals surface area contributed by atoms with Gasteiger partial charge in [-0.2, -0.15) is 0 Å². The van der Waals surface area contributed by atoms with Crippen LogP contribution in [0.3, 0.4) is 0 Å². The van der Waals surface area contributed by atoms with Gasteiger partial charge in [0.05, 0.1) is 12.2 Å². The van der Waals surface area contributed by atoms with Crippen LogP contribution in [0.5, 0.6) is 0 Å². The van der Waals surface area contributed by atoms with Crippen molar-refractivity contribution in [1.82, 2.24) is 4.90 Å². The second kappa shape index (κ2) is 6.06. The van der Waals surface area contributed by atoms with Crippen molar-refractivity contribution in [3.8, 4) is 0 Å². The van der Waals surface area contributed by atoms with E-state index in [2.05, 4.69) is 15.9 Å². The van der Waals surface area contributed by atoms with Crippen LogP contribution in [0.2, 0.25) is 0 Å². The lowest BCUT2D eigenvalue weighted by Gasteiger charge is -2.36. The number of carbonyl (C=O) groups is 1. The first-order chi connectivity index (χ1) is 9.01. The van der Waals surface area contributed by atoms with Gasteiger partial charge in [0.2, 0.25) is 0 Å². The number of benzene rings is 1. The van der Waals surface area contributed by atoms with Gasteiger partial charge in [-0.1, -0.05) is 33.6 Å². The van der Waals surface area contributed by atoms with Crippen LogP contribution in [0.25, 0.3) is 0 Å². The summed E-state index contributed by atoms with van der Waals surface area (Å²) in [7, 11) is 0. The summed E-state index contributed by atoms with van der Waals surface area (Å²) in [6.45, 7) is 7.33. The van der Waals surface area contributed by atoms with Crippen LogP contribution in [-0.2, 0) is 4.74 Å². The number of halogens is 1. The van der Waals surface area contributed by atoms with Crippen LogP contribution in [0.4, 0.5) is 0 Å². The molecule has 0 saturated carbocycles. The maximum absolute atomic E-state index is 12.6. The normalized spacial score (nSPS) is 23.5. The molecule has 1 aromatic rings. The highest BCUT2D eigenvalue weighted by Crippen LogP contribution is 2.18. The van der Waals surface area contributed by atoms with E-state index in [0.29, 0.717) is 13.1 Å². The topological polar surface area (TPSA) is 29.5 Å². The number of nitrogens with zero attached hydrogens (tertiary/aromatic N) is 1. The quantitative estimate of drug-likeness (QED) is 0.782. The number of hydrogen-bond donors (Lipinski definition) is 0. The first-order valence-corrected chi connectivity index (χ1v) is 7.71. The molecule has 1 aliphatic rings. The maximum Gasteiger partial charge on any atom is 0.254 e. The summed E-state index contributed by atoms with van der Waals surface area (Å²) >= 11 is 3.43. The van der Waals surface area contributed by atoms with Crippen LogP contribution >= 0.6 is 15.9 Å². The molecule has 19 heavy (non-hydrogen) atoms. The van der Waals surface area contributed by atoms with E-state index in [0.717, 1.165) is 22.0 Å². The Balaban J connectivity index is 2.21. The lowest BCUT2D eigenvalue weighted by Crippen LogP contribution is -2.49. The van der Waals surface area contributed by atoms with Gasteiger partial charge < -0.3 is 9.64 Å². The second-order valence-corrected chi connectivity index (χ2v) is 5.90. The maximum atomic E-state index is 12.6. The zero-order valence-corrected chi connectivity index (χ0v) is 13.2. The van der Waals surface area contributed by atoms with Crippen LogP contribution in [-0.4, -0.2) is 41.4 Å². The van der Waals surface area contributed by atoms with E-state index in [1.54, 1.807) is 0 Å². The fraction of sp³-hybridized carbons (Fsp3) is 0.533. The van der Waals surface area contributed by atoms with Crippen molar-refractivity contribution in [2.45, 2.75) is 33.0 Å². The number of hydrogen-bond acceptors (Lipinski definition) is 2. The highest BCUT2D eigenvalue weighted by Gasteiger charge is 2.28. The minimum absolute atomic E-state index is 0.0813. The molecule has 3 nitrogen and oxygen atoms in total. The molecule has 1 fully saturated rings. The number of amides is 1. The van der Waals surface area contributed by atoms with Crippen molar-refractivity contribution in [2.24, 2.45) is 0 Å². The van der Waals surface area contributed by atoms with Crippen molar-refractivity contribution < 1.29 is 9.53 Å². The van der Waals surface area contributed by atoms with Gasteiger partial charge in [-0.05, 0) is 32.4 Å². The van der Waals surface area contributed by atoms with Gasteiger partial charge >= 0.3 is 0 Å². The van der Waals surface area contributed by atoms with E-state index in [-0.39, 0.29) is 18.1 Å². The minimum Gasteiger partial charge on any atom is -0.371 e. The van der Waals surface area contributed by atoms with Gasteiger partial charge in [-0.3, -0.25) is 4.79 Å². The molecule has 0 aliphatic carbocycles. The van der Waals surface area contributed by atoms with E-state index >= 15 is 0 Å². The first-order valence-electron chi connectivity index (χ1n) is 6.59. The van der Waals surface area contributed by atoms with Crippen LogP contribution in [0.15, 0.2) is 18.2 Å². The average Bonchev–Trinajstić information content (AvgIpc) is 2.40. The SMILES string of the molecule is Cc1ccc(C)c(C(=O)N2CC(C)OC(CBr)C2)c1. The van der Waals surface area contributed by atoms with Crippen LogP contribution in [0.1, 0.15) is 28.4 Å². The van der Waals surface area contributed by atoms with Gasteiger partial charge in [0.1, 0.15) is 0 Å². The lowest BCUT2D eigenvalue weighted by atomic mass is 10.0. The molecule has 0 spiro atoms. The summed E-state index contributed by atoms with van der Waals surface area (Å²) in [5, 5.41) is 0.758. The largest absolute Gasteiger partial charge is 0.371 e. The predicted octanol–water partition coefficient (Wildman–Crippen LogP) is 2.93. The lowest BCUT2D eigenvalue weighted by molar-refractivity contribution is -0.0559. The third kappa shape index (κ3) is 3.37. The molecule has 0 bridgehead atoms. The second-order valence-electron chi connectivity index (χ2n) is 5.25. The van der Waals surface area contributed by atoms with E-state index in [1.807, 2.05) is 43.9 Å². The third-order valence-corrected chi connectivity index (χ3v) is 4.13. The van der Waals surface area contributed by atoms with Gasteiger partial charge in [0.25, 0.3) is 5.91 Å². The van der Waals surface area contributed by atoms with E-state index < -0.39 is 0 Å². The zero-order chi connectivity index (χ0) is 14.0. The van der Waals surface area contributed by atoms with E-state index in [9.17, 15) is 4.79 Å². The number of ether oxygens (including phenoxy) is 1. The molecule has 2 rings (SSSR count). The number of rotatable bonds is 2. The summed E-state index contributed by atoms with van der Waals surface area (Å²) in [5.74, 6) is 0.113. The molecule has 1 saturated heterocycles. The minimum atomic E-state index is 0.0813. The molecule has 0 radical (unpaired) electrons. The van der Waals surface area contributed by atoms with Crippen LogP contribution in [0, 0.1) is 13.8 Å². The highest BCUT2D eigenvalue weighted by molar-refractivity contribution is 9.09. The molecular weight excluding hydrogens is 306 g/mol. The average molecular weight is 326 g/mol. The Bertz CT molecular complexity index is 475.